The molecule has 4 aromatic rings. The van der Waals surface area contributed by atoms with Crippen molar-refractivity contribution < 1.29 is 18.3 Å². The molecule has 0 fully saturated rings. The number of aromatic nitrogens is 3. The fourth-order valence-electron chi connectivity index (χ4n) is 3.70. The first kappa shape index (κ1) is 19.2. The summed E-state index contributed by atoms with van der Waals surface area (Å²) in [5, 5.41) is 11.3. The predicted molar refractivity (Wildman–Crippen MR) is 104 cm³/mol. The van der Waals surface area contributed by atoms with Gasteiger partial charge < -0.3 is 5.11 Å². The van der Waals surface area contributed by atoms with E-state index in [2.05, 4.69) is 4.98 Å². The number of alkyl halides is 3. The number of halogens is 3. The van der Waals surface area contributed by atoms with Crippen LogP contribution in [0.4, 0.5) is 13.2 Å². The number of nitrogens with zero attached hydrogens (tertiary/aromatic N) is 3. The third-order valence-electron chi connectivity index (χ3n) is 4.93. The molecule has 0 bridgehead atoms. The minimum absolute atomic E-state index is 0.0182. The average molecular weight is 401 g/mol. The summed E-state index contributed by atoms with van der Waals surface area (Å²) in [6, 6.07) is 14.0. The summed E-state index contributed by atoms with van der Waals surface area (Å²) in [4.78, 5) is 17.3. The van der Waals surface area contributed by atoms with Crippen LogP contribution in [0.1, 0.15) is 11.3 Å². The molecule has 0 unspecified atom stereocenters. The maximum atomic E-state index is 13.0. The third kappa shape index (κ3) is 3.63. The number of imidazole rings is 1. The Bertz CT molecular complexity index is 1240. The van der Waals surface area contributed by atoms with Gasteiger partial charge in [0, 0.05) is 18.2 Å². The van der Waals surface area contributed by atoms with Crippen molar-refractivity contribution in [2.45, 2.75) is 25.7 Å². The molecule has 0 aliphatic heterocycles. The zero-order valence-corrected chi connectivity index (χ0v) is 15.4. The number of benzene rings is 2. The van der Waals surface area contributed by atoms with E-state index < -0.39 is 18.4 Å². The molecule has 8 heteroatoms. The van der Waals surface area contributed by atoms with Gasteiger partial charge in [-0.2, -0.15) is 13.2 Å². The Balaban J connectivity index is 1.88. The van der Waals surface area contributed by atoms with Crippen molar-refractivity contribution >= 4 is 21.8 Å². The van der Waals surface area contributed by atoms with Crippen LogP contribution in [0.5, 0.6) is 0 Å². The molecule has 5 nitrogen and oxygen atoms in total. The number of hydrogen-bond donors (Lipinski definition) is 1. The lowest BCUT2D eigenvalue weighted by Gasteiger charge is -2.12. The van der Waals surface area contributed by atoms with E-state index >= 15 is 0 Å². The smallest absolute Gasteiger partial charge is 0.396 e. The van der Waals surface area contributed by atoms with Crippen molar-refractivity contribution in [3.8, 4) is 0 Å². The van der Waals surface area contributed by atoms with Gasteiger partial charge in [0.25, 0.3) is 0 Å². The SMILES string of the molecule is O=c1n(Cc2ncc3ccccc3c2CCO)c2ccccc2n1CC(F)(F)F. The molecule has 4 rings (SSSR count). The highest BCUT2D eigenvalue weighted by atomic mass is 19.4. The molecule has 0 amide bonds. The Morgan fingerprint density at radius 1 is 0.966 bits per heavy atom. The first-order chi connectivity index (χ1) is 13.9. The highest BCUT2D eigenvalue weighted by Crippen LogP contribution is 2.24. The number of rotatable bonds is 5. The number of pyridine rings is 1. The van der Waals surface area contributed by atoms with E-state index in [1.54, 1.807) is 24.4 Å². The topological polar surface area (TPSA) is 60.1 Å². The number of hydrogen-bond acceptors (Lipinski definition) is 3. The number of aliphatic hydroxyl groups excluding tert-OH is 1. The van der Waals surface area contributed by atoms with Crippen LogP contribution in [0, 0.1) is 0 Å². The van der Waals surface area contributed by atoms with Crippen LogP contribution in [0.2, 0.25) is 0 Å². The fraction of sp³-hybridized carbons (Fsp3) is 0.238. The summed E-state index contributed by atoms with van der Waals surface area (Å²) >= 11 is 0. The Kier molecular flexibility index (Phi) is 4.87. The van der Waals surface area contributed by atoms with Crippen LogP contribution in [-0.2, 0) is 19.5 Å². The van der Waals surface area contributed by atoms with E-state index in [4.69, 9.17) is 0 Å². The lowest BCUT2D eigenvalue weighted by Crippen LogP contribution is -2.30. The largest absolute Gasteiger partial charge is 0.406 e. The summed E-state index contributed by atoms with van der Waals surface area (Å²) in [6.45, 7) is -1.44. The fourth-order valence-corrected chi connectivity index (χ4v) is 3.70. The maximum absolute atomic E-state index is 13.0. The normalized spacial score (nSPS) is 12.1. The van der Waals surface area contributed by atoms with Gasteiger partial charge in [0.05, 0.1) is 23.3 Å². The van der Waals surface area contributed by atoms with Crippen LogP contribution in [0.3, 0.4) is 0 Å². The van der Waals surface area contributed by atoms with Gasteiger partial charge >= 0.3 is 11.9 Å². The molecule has 0 saturated heterocycles. The van der Waals surface area contributed by atoms with E-state index in [0.717, 1.165) is 20.9 Å². The van der Waals surface area contributed by atoms with Crippen molar-refractivity contribution in [3.63, 3.8) is 0 Å². The van der Waals surface area contributed by atoms with Crippen molar-refractivity contribution in [3.05, 3.63) is 76.5 Å². The van der Waals surface area contributed by atoms with Crippen LogP contribution in [0.25, 0.3) is 21.8 Å². The van der Waals surface area contributed by atoms with Crippen LogP contribution >= 0.6 is 0 Å². The first-order valence-corrected chi connectivity index (χ1v) is 9.10. The molecule has 0 atom stereocenters. The minimum Gasteiger partial charge on any atom is -0.396 e. The van der Waals surface area contributed by atoms with Gasteiger partial charge in [0.15, 0.2) is 0 Å². The molecule has 2 aromatic heterocycles. The molecular weight excluding hydrogens is 383 g/mol. The van der Waals surface area contributed by atoms with Crippen LogP contribution in [-0.4, -0.2) is 32.0 Å². The van der Waals surface area contributed by atoms with Crippen LogP contribution < -0.4 is 5.69 Å². The van der Waals surface area contributed by atoms with Gasteiger partial charge in [-0.15, -0.1) is 0 Å². The number of aliphatic hydroxyl groups is 1. The summed E-state index contributed by atoms with van der Waals surface area (Å²) < 4.78 is 41.1. The lowest BCUT2D eigenvalue weighted by atomic mass is 10.0. The van der Waals surface area contributed by atoms with E-state index in [1.165, 1.54) is 10.6 Å². The predicted octanol–water partition coefficient (Wildman–Crippen LogP) is 3.50. The zero-order valence-electron chi connectivity index (χ0n) is 15.4. The van der Waals surface area contributed by atoms with Gasteiger partial charge in [-0.05, 0) is 29.5 Å². The zero-order chi connectivity index (χ0) is 20.6. The molecule has 2 aromatic carbocycles. The molecule has 2 heterocycles. The quantitative estimate of drug-likeness (QED) is 0.557. The molecular formula is C21H18F3N3O2. The summed E-state index contributed by atoms with van der Waals surface area (Å²) in [5.74, 6) is 0. The highest BCUT2D eigenvalue weighted by Gasteiger charge is 2.30. The second-order valence-corrected chi connectivity index (χ2v) is 6.80. The van der Waals surface area contributed by atoms with Crippen LogP contribution in [0.15, 0.2) is 59.5 Å². The van der Waals surface area contributed by atoms with Crippen molar-refractivity contribution in [2.75, 3.05) is 6.61 Å². The van der Waals surface area contributed by atoms with Gasteiger partial charge in [-0.3, -0.25) is 14.1 Å². The third-order valence-corrected chi connectivity index (χ3v) is 4.93. The Hall–Kier alpha value is -3.13. The molecule has 0 aliphatic carbocycles. The lowest BCUT2D eigenvalue weighted by molar-refractivity contribution is -0.140. The first-order valence-electron chi connectivity index (χ1n) is 9.10. The van der Waals surface area contributed by atoms with Gasteiger partial charge in [-0.1, -0.05) is 36.4 Å². The summed E-state index contributed by atoms with van der Waals surface area (Å²) in [7, 11) is 0. The van der Waals surface area contributed by atoms with E-state index in [1.807, 2.05) is 24.3 Å². The molecule has 1 N–H and O–H groups in total. The summed E-state index contributed by atoms with van der Waals surface area (Å²) in [5.41, 5.74) is 1.22. The van der Waals surface area contributed by atoms with Crippen molar-refractivity contribution in [1.82, 2.24) is 14.1 Å². The van der Waals surface area contributed by atoms with Crippen molar-refractivity contribution in [2.24, 2.45) is 0 Å². The second kappa shape index (κ2) is 7.36. The van der Waals surface area contributed by atoms with Gasteiger partial charge in [-0.25, -0.2) is 4.79 Å². The number of para-hydroxylation sites is 2. The molecule has 0 saturated carbocycles. The molecule has 150 valence electrons. The molecule has 0 radical (unpaired) electrons. The van der Waals surface area contributed by atoms with Gasteiger partial charge in [0.2, 0.25) is 0 Å². The minimum atomic E-state index is -4.51. The van der Waals surface area contributed by atoms with E-state index in [0.29, 0.717) is 17.6 Å². The average Bonchev–Trinajstić information content (AvgIpc) is 2.94. The molecule has 0 aliphatic rings. The monoisotopic (exact) mass is 401 g/mol. The summed E-state index contributed by atoms with van der Waals surface area (Å²) in [6.07, 6.45) is -2.51. The van der Waals surface area contributed by atoms with E-state index in [-0.39, 0.29) is 18.7 Å². The second-order valence-electron chi connectivity index (χ2n) is 6.80. The Labute approximate surface area is 163 Å². The molecule has 0 spiro atoms. The van der Waals surface area contributed by atoms with E-state index in [9.17, 15) is 23.1 Å². The Morgan fingerprint density at radius 3 is 2.31 bits per heavy atom. The highest BCUT2D eigenvalue weighted by molar-refractivity contribution is 5.85. The molecule has 29 heavy (non-hydrogen) atoms. The van der Waals surface area contributed by atoms with Gasteiger partial charge in [0.1, 0.15) is 6.54 Å². The van der Waals surface area contributed by atoms with Crippen molar-refractivity contribution in [1.29, 1.82) is 0 Å². The number of fused-ring (bicyclic) bond motifs is 2. The Morgan fingerprint density at radius 2 is 1.62 bits per heavy atom. The maximum Gasteiger partial charge on any atom is 0.406 e. The standard InChI is InChI=1S/C21H18F3N3O2/c22-21(23,24)13-27-19-8-4-3-7-18(19)26(20(27)29)12-17-16(9-10-28)15-6-2-1-5-14(15)11-25-17/h1-8,11,28H,9-10,12-13H2.